The van der Waals surface area contributed by atoms with Gasteiger partial charge < -0.3 is 5.11 Å². The van der Waals surface area contributed by atoms with Crippen LogP contribution in [0.4, 0.5) is 5.69 Å². The molecule has 0 amide bonds. The summed E-state index contributed by atoms with van der Waals surface area (Å²) in [4.78, 5) is 0. The first kappa shape index (κ1) is 15.0. The lowest BCUT2D eigenvalue weighted by Gasteiger charge is -2.22. The number of hydrogen-bond donors (Lipinski definition) is 1. The van der Waals surface area contributed by atoms with Gasteiger partial charge in [0.05, 0.1) is 11.9 Å². The molecule has 1 N–H and O–H groups in total. The highest BCUT2D eigenvalue weighted by Gasteiger charge is 2.16. The second-order valence-corrected chi connectivity index (χ2v) is 6.57. The molecule has 4 nitrogen and oxygen atoms in total. The Morgan fingerprint density at radius 3 is 2.17 bits per heavy atom. The first-order chi connectivity index (χ1) is 8.36. The van der Waals surface area contributed by atoms with Gasteiger partial charge in [0.25, 0.3) is 0 Å². The minimum atomic E-state index is -3.30. The predicted octanol–water partition coefficient (Wildman–Crippen LogP) is 1.96. The zero-order chi connectivity index (χ0) is 13.8. The highest BCUT2D eigenvalue weighted by atomic mass is 32.2. The van der Waals surface area contributed by atoms with Crippen molar-refractivity contribution in [2.24, 2.45) is 0 Å². The van der Waals surface area contributed by atoms with Crippen LogP contribution in [0.2, 0.25) is 0 Å². The molecule has 0 radical (unpaired) electrons. The molecule has 0 aliphatic rings. The molecular formula is C13H21NO3S. The van der Waals surface area contributed by atoms with E-state index in [-0.39, 0.29) is 6.61 Å². The molecule has 0 unspecified atom stereocenters. The van der Waals surface area contributed by atoms with Crippen LogP contribution < -0.4 is 4.31 Å². The Balaban J connectivity index is 2.99. The van der Waals surface area contributed by atoms with Crippen molar-refractivity contribution in [2.75, 3.05) is 23.7 Å². The van der Waals surface area contributed by atoms with Crippen LogP contribution in [0.15, 0.2) is 24.3 Å². The lowest BCUT2D eigenvalue weighted by Crippen LogP contribution is -2.31. The molecule has 0 bridgehead atoms. The largest absolute Gasteiger partial charge is 0.396 e. The van der Waals surface area contributed by atoms with E-state index in [0.29, 0.717) is 24.6 Å². The fourth-order valence-electron chi connectivity index (χ4n) is 1.73. The molecular weight excluding hydrogens is 250 g/mol. The average Bonchev–Trinajstić information content (AvgIpc) is 2.28. The maximum atomic E-state index is 11.7. The third kappa shape index (κ3) is 3.99. The van der Waals surface area contributed by atoms with E-state index in [9.17, 15) is 8.42 Å². The van der Waals surface area contributed by atoms with Crippen molar-refractivity contribution in [3.8, 4) is 0 Å². The number of benzene rings is 1. The quantitative estimate of drug-likeness (QED) is 0.860. The molecule has 102 valence electrons. The fourth-order valence-corrected chi connectivity index (χ4v) is 2.69. The molecule has 18 heavy (non-hydrogen) atoms. The minimum Gasteiger partial charge on any atom is -0.396 e. The van der Waals surface area contributed by atoms with E-state index < -0.39 is 10.0 Å². The SMILES string of the molecule is CC(C)c1ccc(N(CCCO)S(C)(=O)=O)cc1. The predicted molar refractivity (Wildman–Crippen MR) is 74.4 cm³/mol. The van der Waals surface area contributed by atoms with Crippen molar-refractivity contribution in [1.82, 2.24) is 0 Å². The van der Waals surface area contributed by atoms with Crippen LogP contribution in [0.3, 0.4) is 0 Å². The van der Waals surface area contributed by atoms with Crippen LogP contribution in [0.1, 0.15) is 31.7 Å². The Morgan fingerprint density at radius 1 is 1.22 bits per heavy atom. The first-order valence-corrected chi connectivity index (χ1v) is 7.89. The van der Waals surface area contributed by atoms with E-state index >= 15 is 0 Å². The van der Waals surface area contributed by atoms with E-state index in [4.69, 9.17) is 5.11 Å². The van der Waals surface area contributed by atoms with Crippen molar-refractivity contribution in [2.45, 2.75) is 26.2 Å². The van der Waals surface area contributed by atoms with Gasteiger partial charge in [-0.05, 0) is 30.0 Å². The van der Waals surface area contributed by atoms with Crippen molar-refractivity contribution >= 4 is 15.7 Å². The average molecular weight is 271 g/mol. The monoisotopic (exact) mass is 271 g/mol. The Bertz CT molecular complexity index is 466. The van der Waals surface area contributed by atoms with Crippen LogP contribution in [0.25, 0.3) is 0 Å². The maximum Gasteiger partial charge on any atom is 0.232 e. The second-order valence-electron chi connectivity index (χ2n) is 4.66. The Kier molecular flexibility index (Phi) is 5.16. The topological polar surface area (TPSA) is 57.6 Å². The molecule has 0 saturated heterocycles. The number of hydrogen-bond acceptors (Lipinski definition) is 3. The normalized spacial score (nSPS) is 11.8. The molecule has 0 aliphatic heterocycles. The third-order valence-electron chi connectivity index (χ3n) is 2.77. The van der Waals surface area contributed by atoms with E-state index in [1.54, 1.807) is 0 Å². The summed E-state index contributed by atoms with van der Waals surface area (Å²) in [5.74, 6) is 0.420. The summed E-state index contributed by atoms with van der Waals surface area (Å²) in [6.07, 6.45) is 1.61. The number of aliphatic hydroxyl groups is 1. The van der Waals surface area contributed by atoms with Gasteiger partial charge in [-0.3, -0.25) is 4.31 Å². The third-order valence-corrected chi connectivity index (χ3v) is 3.96. The zero-order valence-corrected chi connectivity index (χ0v) is 11.9. The first-order valence-electron chi connectivity index (χ1n) is 6.04. The summed E-state index contributed by atoms with van der Waals surface area (Å²) in [5.41, 5.74) is 1.82. The minimum absolute atomic E-state index is 0.0178. The molecule has 5 heteroatoms. The van der Waals surface area contributed by atoms with Crippen LogP contribution in [0, 0.1) is 0 Å². The highest BCUT2D eigenvalue weighted by molar-refractivity contribution is 7.92. The molecule has 0 saturated carbocycles. The van der Waals surface area contributed by atoms with Gasteiger partial charge in [-0.1, -0.05) is 26.0 Å². The molecule has 0 aromatic heterocycles. The fraction of sp³-hybridized carbons (Fsp3) is 0.538. The van der Waals surface area contributed by atoms with Gasteiger partial charge in [-0.2, -0.15) is 0 Å². The lowest BCUT2D eigenvalue weighted by molar-refractivity contribution is 0.291. The van der Waals surface area contributed by atoms with Crippen molar-refractivity contribution in [1.29, 1.82) is 0 Å². The van der Waals surface area contributed by atoms with Gasteiger partial charge in [0.1, 0.15) is 0 Å². The summed E-state index contributed by atoms with van der Waals surface area (Å²) >= 11 is 0. The summed E-state index contributed by atoms with van der Waals surface area (Å²) in [7, 11) is -3.30. The Labute approximate surface area is 109 Å². The molecule has 0 spiro atoms. The molecule has 0 aliphatic carbocycles. The Hall–Kier alpha value is -1.07. The molecule has 1 rings (SSSR count). The highest BCUT2D eigenvalue weighted by Crippen LogP contribution is 2.22. The van der Waals surface area contributed by atoms with E-state index in [0.717, 1.165) is 0 Å². The molecule has 0 heterocycles. The number of anilines is 1. The van der Waals surface area contributed by atoms with Crippen molar-refractivity contribution < 1.29 is 13.5 Å². The van der Waals surface area contributed by atoms with E-state index in [1.807, 2.05) is 24.3 Å². The van der Waals surface area contributed by atoms with Gasteiger partial charge in [0.15, 0.2) is 0 Å². The standard InChI is InChI=1S/C13H21NO3S/c1-11(2)12-5-7-13(8-6-12)14(9-4-10-15)18(3,16)17/h5-8,11,15H,4,9-10H2,1-3H3. The molecule has 1 aromatic rings. The Morgan fingerprint density at radius 2 is 1.78 bits per heavy atom. The summed E-state index contributed by atoms with van der Waals surface area (Å²) in [6, 6.07) is 7.51. The number of sulfonamides is 1. The van der Waals surface area contributed by atoms with E-state index in [1.165, 1.54) is 16.1 Å². The second kappa shape index (κ2) is 6.20. The molecule has 0 atom stereocenters. The summed E-state index contributed by atoms with van der Waals surface area (Å²) < 4.78 is 24.7. The van der Waals surface area contributed by atoms with Gasteiger partial charge >= 0.3 is 0 Å². The van der Waals surface area contributed by atoms with Gasteiger partial charge in [-0.25, -0.2) is 8.42 Å². The van der Waals surface area contributed by atoms with Gasteiger partial charge in [-0.15, -0.1) is 0 Å². The van der Waals surface area contributed by atoms with Crippen molar-refractivity contribution in [3.63, 3.8) is 0 Å². The maximum absolute atomic E-state index is 11.7. The number of nitrogens with zero attached hydrogens (tertiary/aromatic N) is 1. The summed E-state index contributed by atoms with van der Waals surface area (Å²) in [6.45, 7) is 4.47. The van der Waals surface area contributed by atoms with E-state index in [2.05, 4.69) is 13.8 Å². The summed E-state index contributed by atoms with van der Waals surface area (Å²) in [5, 5.41) is 8.82. The number of rotatable bonds is 6. The van der Waals surface area contributed by atoms with Crippen LogP contribution >= 0.6 is 0 Å². The smallest absolute Gasteiger partial charge is 0.232 e. The van der Waals surface area contributed by atoms with Gasteiger partial charge in [0.2, 0.25) is 10.0 Å². The lowest BCUT2D eigenvalue weighted by atomic mass is 10.0. The van der Waals surface area contributed by atoms with Crippen molar-refractivity contribution in [3.05, 3.63) is 29.8 Å². The van der Waals surface area contributed by atoms with Gasteiger partial charge in [0, 0.05) is 13.2 Å². The zero-order valence-electron chi connectivity index (χ0n) is 11.1. The molecule has 1 aromatic carbocycles. The molecule has 0 fully saturated rings. The van der Waals surface area contributed by atoms with Crippen LogP contribution in [-0.4, -0.2) is 32.9 Å². The number of aliphatic hydroxyl groups excluding tert-OH is 1. The van der Waals surface area contributed by atoms with Crippen LogP contribution in [-0.2, 0) is 10.0 Å². The van der Waals surface area contributed by atoms with Crippen LogP contribution in [0.5, 0.6) is 0 Å².